The molecule has 0 bridgehead atoms. The van der Waals surface area contributed by atoms with Crippen LogP contribution in [-0.4, -0.2) is 96.7 Å². The van der Waals surface area contributed by atoms with E-state index in [1.165, 1.54) is 25.7 Å². The second-order valence-corrected chi connectivity index (χ2v) is 29.5. The molecule has 3 N–H and O–H groups in total. The van der Waals surface area contributed by atoms with Gasteiger partial charge in [0, 0.05) is 25.7 Å². The zero-order chi connectivity index (χ0) is 77.4. The Morgan fingerprint density at radius 1 is 0.274 bits per heavy atom. The van der Waals surface area contributed by atoms with Gasteiger partial charge < -0.3 is 33.8 Å². The molecule has 0 rings (SSSR count). The highest BCUT2D eigenvalue weighted by atomic mass is 31.2. The van der Waals surface area contributed by atoms with Crippen molar-refractivity contribution < 1.29 is 80.2 Å². The third kappa shape index (κ3) is 76.9. The number of ether oxygens (including phenoxy) is 4. The van der Waals surface area contributed by atoms with Gasteiger partial charge in [-0.15, -0.1) is 0 Å². The van der Waals surface area contributed by atoms with Crippen LogP contribution in [0.3, 0.4) is 0 Å². The first-order chi connectivity index (χ1) is 51.7. The van der Waals surface area contributed by atoms with Gasteiger partial charge in [0.15, 0.2) is 12.2 Å². The van der Waals surface area contributed by atoms with Crippen molar-refractivity contribution in [1.29, 1.82) is 0 Å². The maximum Gasteiger partial charge on any atom is 0.472 e. The number of carbonyl (C=O) groups is 4. The van der Waals surface area contributed by atoms with E-state index < -0.39 is 97.5 Å². The molecular formula is C87H144O17P2. The topological polar surface area (TPSA) is 237 Å². The average Bonchev–Trinajstić information content (AvgIpc) is 0.933. The van der Waals surface area contributed by atoms with Crippen LogP contribution in [0.5, 0.6) is 0 Å². The number of rotatable bonds is 75. The van der Waals surface area contributed by atoms with Gasteiger partial charge in [-0.25, -0.2) is 9.13 Å². The van der Waals surface area contributed by atoms with Gasteiger partial charge in [0.05, 0.1) is 26.4 Å². The molecule has 17 nitrogen and oxygen atoms in total. The minimum Gasteiger partial charge on any atom is -0.462 e. The summed E-state index contributed by atoms with van der Waals surface area (Å²) in [6.07, 6.45) is 90.8. The number of aliphatic hydroxyl groups excluding tert-OH is 1. The minimum atomic E-state index is -5.00. The lowest BCUT2D eigenvalue weighted by Gasteiger charge is -2.21. The molecule has 0 aromatic carbocycles. The molecule has 0 aliphatic rings. The van der Waals surface area contributed by atoms with Crippen LogP contribution in [0.15, 0.2) is 158 Å². The monoisotopic (exact) mass is 1520 g/mol. The van der Waals surface area contributed by atoms with E-state index in [1.54, 1.807) is 0 Å². The van der Waals surface area contributed by atoms with E-state index in [2.05, 4.69) is 186 Å². The number of hydrogen-bond donors (Lipinski definition) is 3. The summed E-state index contributed by atoms with van der Waals surface area (Å²) in [4.78, 5) is 73.1. The van der Waals surface area contributed by atoms with E-state index in [4.69, 9.17) is 37.0 Å². The number of unbranched alkanes of at least 4 members (excludes halogenated alkanes) is 23. The quantitative estimate of drug-likeness (QED) is 0.0169. The van der Waals surface area contributed by atoms with Crippen molar-refractivity contribution in [1.82, 2.24) is 0 Å². The molecule has 5 unspecified atom stereocenters. The fraction of sp³-hybridized carbons (Fsp3) is 0.655. The van der Waals surface area contributed by atoms with Crippen LogP contribution in [0, 0.1) is 0 Å². The van der Waals surface area contributed by atoms with Gasteiger partial charge in [0.2, 0.25) is 0 Å². The normalized spacial score (nSPS) is 14.7. The molecule has 106 heavy (non-hydrogen) atoms. The maximum absolute atomic E-state index is 13.1. The molecule has 0 saturated carbocycles. The number of aliphatic hydroxyl groups is 1. The summed E-state index contributed by atoms with van der Waals surface area (Å²) in [5.41, 5.74) is 0. The number of esters is 4. The molecule has 19 heteroatoms. The van der Waals surface area contributed by atoms with Crippen molar-refractivity contribution in [2.24, 2.45) is 0 Å². The van der Waals surface area contributed by atoms with Crippen LogP contribution in [0.4, 0.5) is 0 Å². The summed E-state index contributed by atoms with van der Waals surface area (Å²) in [6.45, 7) is 4.43. The van der Waals surface area contributed by atoms with Crippen molar-refractivity contribution >= 4 is 39.5 Å². The molecule has 0 aromatic rings. The number of allylic oxidation sites excluding steroid dienone is 26. The molecule has 0 aliphatic carbocycles. The van der Waals surface area contributed by atoms with Gasteiger partial charge in [-0.05, 0) is 167 Å². The van der Waals surface area contributed by atoms with E-state index in [0.29, 0.717) is 32.1 Å². The lowest BCUT2D eigenvalue weighted by molar-refractivity contribution is -0.161. The Morgan fingerprint density at radius 3 is 0.783 bits per heavy atom. The standard InChI is InChI=1S/C87H144O17P2/c1-5-9-13-17-21-25-29-33-36-38-40-42-45-48-51-55-59-63-67-71-84(89)97-77-82(103-86(91)73-69-65-61-57-53-47-32-28-24-20-16-12-8-4)79-101-105(93,94)99-75-81(88)76-100-106(95,96)102-80-83(104-87(92)74-70-66-62-58-54-50-44-35-31-27-23-19-15-11-7-3)78-98-85(90)72-68-64-60-56-52-49-46-43-41-39-37-34-30-26-22-18-14-10-6-2/h9-11,13-15,21-23,25-28,32-37,40-44,54,58,81-83,88H,5-8,12,16-20,24,29-31,38-39,45-53,55-57,59-80H2,1-4H3,(H,93,94)(H,95,96)/b13-9-,14-10-,15-11-,25-21-,26-22-,27-23-,32-28-,36-33-,37-34-,42-40-,43-41-,44-35-,58-54-. The Balaban J connectivity index is 5.41. The summed E-state index contributed by atoms with van der Waals surface area (Å²) in [6, 6.07) is 0. The van der Waals surface area contributed by atoms with E-state index in [0.717, 1.165) is 199 Å². The summed E-state index contributed by atoms with van der Waals surface area (Å²) in [5, 5.41) is 10.7. The predicted octanol–water partition coefficient (Wildman–Crippen LogP) is 24.0. The lowest BCUT2D eigenvalue weighted by atomic mass is 10.1. The molecule has 0 radical (unpaired) electrons. The second-order valence-electron chi connectivity index (χ2n) is 26.6. The molecule has 0 saturated heterocycles. The third-order valence-electron chi connectivity index (χ3n) is 16.5. The van der Waals surface area contributed by atoms with Crippen LogP contribution < -0.4 is 0 Å². The van der Waals surface area contributed by atoms with E-state index in [1.807, 2.05) is 0 Å². The Morgan fingerprint density at radius 2 is 0.491 bits per heavy atom. The number of phosphoric acid groups is 2. The summed E-state index contributed by atoms with van der Waals surface area (Å²) in [7, 11) is -9.99. The Kier molecular flexibility index (Phi) is 73.9. The van der Waals surface area contributed by atoms with Crippen LogP contribution in [-0.2, 0) is 65.4 Å². The predicted molar refractivity (Wildman–Crippen MR) is 436 cm³/mol. The highest BCUT2D eigenvalue weighted by Crippen LogP contribution is 2.45. The summed E-state index contributed by atoms with van der Waals surface area (Å²) >= 11 is 0. The van der Waals surface area contributed by atoms with Crippen LogP contribution in [0.2, 0.25) is 0 Å². The third-order valence-corrected chi connectivity index (χ3v) is 18.4. The van der Waals surface area contributed by atoms with Crippen LogP contribution in [0.25, 0.3) is 0 Å². The first-order valence-electron chi connectivity index (χ1n) is 40.7. The highest BCUT2D eigenvalue weighted by molar-refractivity contribution is 7.47. The van der Waals surface area contributed by atoms with Crippen molar-refractivity contribution in [3.8, 4) is 0 Å². The van der Waals surface area contributed by atoms with Crippen LogP contribution >= 0.6 is 15.6 Å². The molecule has 604 valence electrons. The maximum atomic E-state index is 13.1. The van der Waals surface area contributed by atoms with Gasteiger partial charge in [-0.1, -0.05) is 276 Å². The fourth-order valence-corrected chi connectivity index (χ4v) is 11.9. The fourth-order valence-electron chi connectivity index (χ4n) is 10.4. The zero-order valence-electron chi connectivity index (χ0n) is 66.1. The minimum absolute atomic E-state index is 0.0343. The number of phosphoric ester groups is 2. The smallest absolute Gasteiger partial charge is 0.462 e. The molecule has 0 aliphatic heterocycles. The molecular weight excluding hydrogens is 1380 g/mol. The molecule has 0 aromatic heterocycles. The Bertz CT molecular complexity index is 2630. The van der Waals surface area contributed by atoms with E-state index in [9.17, 15) is 43.2 Å². The molecule has 0 spiro atoms. The Hall–Kier alpha value is -5.32. The van der Waals surface area contributed by atoms with Gasteiger partial charge in [-0.3, -0.25) is 37.3 Å². The van der Waals surface area contributed by atoms with E-state index >= 15 is 0 Å². The highest BCUT2D eigenvalue weighted by Gasteiger charge is 2.30. The first kappa shape index (κ1) is 101. The largest absolute Gasteiger partial charge is 0.472 e. The Labute approximate surface area is 642 Å². The molecule has 0 heterocycles. The van der Waals surface area contributed by atoms with Gasteiger partial charge in [-0.2, -0.15) is 0 Å². The lowest BCUT2D eigenvalue weighted by Crippen LogP contribution is -2.30. The number of hydrogen-bond acceptors (Lipinski definition) is 15. The van der Waals surface area contributed by atoms with Crippen molar-refractivity contribution in [2.75, 3.05) is 39.6 Å². The van der Waals surface area contributed by atoms with Gasteiger partial charge >= 0.3 is 39.5 Å². The van der Waals surface area contributed by atoms with Crippen molar-refractivity contribution in [3.05, 3.63) is 158 Å². The second kappa shape index (κ2) is 77.8. The van der Waals surface area contributed by atoms with Crippen LogP contribution in [0.1, 0.15) is 310 Å². The number of carbonyl (C=O) groups excluding carboxylic acids is 4. The molecule has 0 fully saturated rings. The zero-order valence-corrected chi connectivity index (χ0v) is 67.8. The van der Waals surface area contributed by atoms with E-state index in [-0.39, 0.29) is 25.7 Å². The summed E-state index contributed by atoms with van der Waals surface area (Å²) in [5.74, 6) is -2.27. The molecule has 5 atom stereocenters. The average molecular weight is 1520 g/mol. The summed E-state index contributed by atoms with van der Waals surface area (Å²) < 4.78 is 68.6. The van der Waals surface area contributed by atoms with Gasteiger partial charge in [0.1, 0.15) is 19.3 Å². The van der Waals surface area contributed by atoms with Gasteiger partial charge in [0.25, 0.3) is 0 Å². The molecule has 0 amide bonds. The first-order valence-corrected chi connectivity index (χ1v) is 43.7. The van der Waals surface area contributed by atoms with Crippen molar-refractivity contribution in [2.45, 2.75) is 329 Å². The SMILES string of the molecule is CC/C=C\C/C=C\C/C=C\C/C=C\CCCCCCCCC(=O)OCC(COP(=O)(O)OCC(O)COP(=O)(O)OCC(COC(=O)CCCCCCCC/C=C\C/C=C\C/C=C\C/C=C\CC)OC(=O)CCCCCCC/C=C\CCCCCC)OC(=O)CCCC/C=C\C/C=C\C/C=C\C/C=C\CC. The van der Waals surface area contributed by atoms with Crippen molar-refractivity contribution in [3.63, 3.8) is 0 Å².